The summed E-state index contributed by atoms with van der Waals surface area (Å²) in [6.07, 6.45) is 67.3. The first-order chi connectivity index (χ1) is 36.3. The van der Waals surface area contributed by atoms with Gasteiger partial charge in [-0.05, 0) is 70.6 Å². The van der Waals surface area contributed by atoms with Gasteiger partial charge in [0.2, 0.25) is 5.91 Å². The summed E-state index contributed by atoms with van der Waals surface area (Å²) in [6, 6.07) is -0.830. The van der Waals surface area contributed by atoms with Gasteiger partial charge < -0.3 is 40.3 Å². The minimum absolute atomic E-state index is 0.193. The monoisotopic (exact) mass is 1040 g/mol. The van der Waals surface area contributed by atoms with Crippen molar-refractivity contribution in [3.63, 3.8) is 0 Å². The molecule has 1 rings (SSSR count). The number of carbonyl (C=O) groups is 1. The highest BCUT2D eigenvalue weighted by atomic mass is 16.7. The number of nitrogens with one attached hydrogen (secondary N) is 1. The zero-order chi connectivity index (χ0) is 53.6. The van der Waals surface area contributed by atoms with E-state index >= 15 is 0 Å². The van der Waals surface area contributed by atoms with E-state index in [1.165, 1.54) is 205 Å². The van der Waals surface area contributed by atoms with Crippen molar-refractivity contribution in [3.05, 3.63) is 60.8 Å². The van der Waals surface area contributed by atoms with E-state index in [-0.39, 0.29) is 12.5 Å². The van der Waals surface area contributed by atoms with Crippen LogP contribution < -0.4 is 5.32 Å². The highest BCUT2D eigenvalue weighted by Crippen LogP contribution is 2.23. The minimum Gasteiger partial charge on any atom is -0.394 e. The van der Waals surface area contributed by atoms with Gasteiger partial charge in [0.25, 0.3) is 0 Å². The van der Waals surface area contributed by atoms with Gasteiger partial charge in [-0.2, -0.15) is 0 Å². The Bertz CT molecular complexity index is 1350. The number of aliphatic hydroxyl groups excluding tert-OH is 5. The number of carbonyl (C=O) groups excluding carboxylic acids is 1. The van der Waals surface area contributed by atoms with Crippen LogP contribution in [-0.2, 0) is 14.3 Å². The van der Waals surface area contributed by atoms with E-state index in [0.717, 1.165) is 64.2 Å². The Morgan fingerprint density at radius 1 is 0.459 bits per heavy atom. The van der Waals surface area contributed by atoms with Crippen molar-refractivity contribution in [2.75, 3.05) is 13.2 Å². The molecule has 9 heteroatoms. The molecule has 7 unspecified atom stereocenters. The largest absolute Gasteiger partial charge is 0.394 e. The third-order valence-corrected chi connectivity index (χ3v) is 14.8. The van der Waals surface area contributed by atoms with E-state index < -0.39 is 49.5 Å². The number of amides is 1. The SMILES string of the molecule is CCCCCCC/C=C\C/C=C\C/C=C\CCCCCCCCCCC(=O)NC(COC1OC(CO)C(O)C(O)C1O)C(O)/C=C/CC/C=C/CCCCCCCCCCCCCCCCCCCCCCCC. The van der Waals surface area contributed by atoms with Crippen LogP contribution in [0.25, 0.3) is 0 Å². The van der Waals surface area contributed by atoms with Crippen LogP contribution in [0.2, 0.25) is 0 Å². The fourth-order valence-electron chi connectivity index (χ4n) is 9.83. The normalized spacial score (nSPS) is 19.4. The molecule has 1 saturated heterocycles. The molecule has 432 valence electrons. The average molecular weight is 1040 g/mol. The van der Waals surface area contributed by atoms with Gasteiger partial charge in [0.05, 0.1) is 25.4 Å². The molecule has 74 heavy (non-hydrogen) atoms. The van der Waals surface area contributed by atoms with Crippen LogP contribution in [0.4, 0.5) is 0 Å². The number of allylic oxidation sites excluding steroid dienone is 9. The van der Waals surface area contributed by atoms with Crippen LogP contribution in [0.3, 0.4) is 0 Å². The molecule has 0 aromatic rings. The van der Waals surface area contributed by atoms with E-state index in [9.17, 15) is 30.3 Å². The van der Waals surface area contributed by atoms with Crippen LogP contribution in [0, 0.1) is 0 Å². The Kier molecular flexibility index (Phi) is 51.3. The molecular weight excluding hydrogens is 923 g/mol. The van der Waals surface area contributed by atoms with Crippen molar-refractivity contribution in [1.82, 2.24) is 5.32 Å². The first-order valence-corrected chi connectivity index (χ1v) is 31.5. The average Bonchev–Trinajstić information content (AvgIpc) is 3.40. The fourth-order valence-corrected chi connectivity index (χ4v) is 9.83. The minimum atomic E-state index is -1.58. The van der Waals surface area contributed by atoms with Crippen molar-refractivity contribution in [1.29, 1.82) is 0 Å². The number of rotatable bonds is 54. The summed E-state index contributed by atoms with van der Waals surface area (Å²) >= 11 is 0. The molecule has 0 bridgehead atoms. The Hall–Kier alpha value is -2.11. The lowest BCUT2D eigenvalue weighted by Crippen LogP contribution is -2.60. The molecule has 0 aliphatic carbocycles. The quantitative estimate of drug-likeness (QED) is 0.0261. The molecule has 7 atom stereocenters. The lowest BCUT2D eigenvalue weighted by atomic mass is 9.99. The summed E-state index contributed by atoms with van der Waals surface area (Å²) in [5, 5.41) is 54.6. The lowest BCUT2D eigenvalue weighted by Gasteiger charge is -2.40. The van der Waals surface area contributed by atoms with Crippen molar-refractivity contribution in [3.8, 4) is 0 Å². The Morgan fingerprint density at radius 2 is 0.811 bits per heavy atom. The molecule has 1 aliphatic heterocycles. The number of aliphatic hydroxyl groups is 5. The van der Waals surface area contributed by atoms with E-state index in [1.807, 2.05) is 6.08 Å². The van der Waals surface area contributed by atoms with Crippen molar-refractivity contribution in [2.24, 2.45) is 0 Å². The van der Waals surface area contributed by atoms with Gasteiger partial charge in [0.15, 0.2) is 6.29 Å². The maximum absolute atomic E-state index is 13.1. The van der Waals surface area contributed by atoms with Crippen LogP contribution >= 0.6 is 0 Å². The number of unbranched alkanes of at least 4 members (excludes halogenated alkanes) is 36. The molecule has 6 N–H and O–H groups in total. The molecule has 0 spiro atoms. The summed E-state index contributed by atoms with van der Waals surface area (Å²) in [5.74, 6) is -0.193. The highest BCUT2D eigenvalue weighted by Gasteiger charge is 2.44. The smallest absolute Gasteiger partial charge is 0.220 e. The zero-order valence-electron chi connectivity index (χ0n) is 48.1. The predicted octanol–water partition coefficient (Wildman–Crippen LogP) is 16.2. The van der Waals surface area contributed by atoms with Crippen LogP contribution in [0.5, 0.6) is 0 Å². The molecule has 1 aliphatic rings. The fraction of sp³-hybridized carbons (Fsp3) is 0.831. The van der Waals surface area contributed by atoms with Gasteiger partial charge in [0.1, 0.15) is 24.4 Å². The summed E-state index contributed by atoms with van der Waals surface area (Å²) in [5.41, 5.74) is 0. The second-order valence-corrected chi connectivity index (χ2v) is 21.8. The Morgan fingerprint density at radius 3 is 1.23 bits per heavy atom. The van der Waals surface area contributed by atoms with Gasteiger partial charge in [-0.25, -0.2) is 0 Å². The van der Waals surface area contributed by atoms with Crippen molar-refractivity contribution in [2.45, 2.75) is 333 Å². The van der Waals surface area contributed by atoms with Crippen LogP contribution in [0.1, 0.15) is 290 Å². The highest BCUT2D eigenvalue weighted by molar-refractivity contribution is 5.76. The van der Waals surface area contributed by atoms with Crippen molar-refractivity contribution < 1.29 is 39.8 Å². The molecular formula is C65H119NO8. The van der Waals surface area contributed by atoms with E-state index in [2.05, 4.69) is 67.8 Å². The maximum Gasteiger partial charge on any atom is 0.220 e. The predicted molar refractivity (Wildman–Crippen MR) is 313 cm³/mol. The van der Waals surface area contributed by atoms with E-state index in [1.54, 1.807) is 6.08 Å². The third kappa shape index (κ3) is 42.9. The molecule has 9 nitrogen and oxygen atoms in total. The molecule has 0 aromatic heterocycles. The topological polar surface area (TPSA) is 149 Å². The molecule has 0 radical (unpaired) electrons. The first kappa shape index (κ1) is 69.9. The lowest BCUT2D eigenvalue weighted by molar-refractivity contribution is -0.302. The van der Waals surface area contributed by atoms with Gasteiger partial charge in [-0.1, -0.05) is 274 Å². The van der Waals surface area contributed by atoms with Gasteiger partial charge in [-0.3, -0.25) is 4.79 Å². The third-order valence-electron chi connectivity index (χ3n) is 14.8. The molecule has 1 fully saturated rings. The Balaban J connectivity index is 2.22. The molecule has 1 heterocycles. The van der Waals surface area contributed by atoms with Gasteiger partial charge in [0, 0.05) is 6.42 Å². The number of hydrogen-bond acceptors (Lipinski definition) is 8. The van der Waals surface area contributed by atoms with Crippen molar-refractivity contribution >= 4 is 5.91 Å². The van der Waals surface area contributed by atoms with E-state index in [0.29, 0.717) is 6.42 Å². The van der Waals surface area contributed by atoms with E-state index in [4.69, 9.17) is 9.47 Å². The second-order valence-electron chi connectivity index (χ2n) is 21.8. The zero-order valence-corrected chi connectivity index (χ0v) is 48.1. The number of ether oxygens (including phenoxy) is 2. The first-order valence-electron chi connectivity index (χ1n) is 31.5. The summed E-state index contributed by atoms with van der Waals surface area (Å²) in [7, 11) is 0. The summed E-state index contributed by atoms with van der Waals surface area (Å²) in [4.78, 5) is 13.1. The molecule has 0 aromatic carbocycles. The van der Waals surface area contributed by atoms with Gasteiger partial charge >= 0.3 is 0 Å². The number of hydrogen-bond donors (Lipinski definition) is 6. The molecule has 0 saturated carbocycles. The van der Waals surface area contributed by atoms with Gasteiger partial charge in [-0.15, -0.1) is 0 Å². The van der Waals surface area contributed by atoms with Crippen LogP contribution in [-0.4, -0.2) is 87.5 Å². The second kappa shape index (κ2) is 54.3. The summed E-state index contributed by atoms with van der Waals surface area (Å²) < 4.78 is 11.3. The standard InChI is InChI=1S/C65H119NO8/c1-3-5-7-9-11-13-15-17-19-21-23-25-27-28-29-30-31-33-34-36-38-40-42-44-46-48-50-52-54-59(68)58(57-73-65-64(72)63(71)62(70)60(56-67)74-65)66-61(69)55-53-51-49-47-45-43-41-39-37-35-32-26-24-22-20-18-16-14-12-10-8-6-4-2/h16,18,22,24,32,35,44,46,52,54,58-60,62-65,67-68,70-72H,3-15,17,19-21,23,25-31,33-34,36-43,45,47-51,53,55-57H2,1-2H3,(H,66,69)/b18-16-,24-22-,35-32-,46-44+,54-52+. The summed E-state index contributed by atoms with van der Waals surface area (Å²) in [6.45, 7) is 3.78. The van der Waals surface area contributed by atoms with Crippen LogP contribution in [0.15, 0.2) is 60.8 Å². The maximum atomic E-state index is 13.1. The Labute approximate surface area is 456 Å². The molecule has 1 amide bonds.